The van der Waals surface area contributed by atoms with E-state index < -0.39 is 5.60 Å². The minimum Gasteiger partial charge on any atom is -0.443 e. The first kappa shape index (κ1) is 16.1. The van der Waals surface area contributed by atoms with Gasteiger partial charge in [0.15, 0.2) is 0 Å². The van der Waals surface area contributed by atoms with Gasteiger partial charge in [0.1, 0.15) is 5.60 Å². The van der Waals surface area contributed by atoms with Gasteiger partial charge in [-0.05, 0) is 50.4 Å². The SMILES string of the molecule is C#Cc1cccc(N(Cc2cccs2)C(=O)OC(C)(C)C)c1. The lowest BCUT2D eigenvalue weighted by atomic mass is 10.2. The Morgan fingerprint density at radius 3 is 2.68 bits per heavy atom. The van der Waals surface area contributed by atoms with E-state index >= 15 is 0 Å². The molecule has 1 aromatic carbocycles. The minimum absolute atomic E-state index is 0.380. The first-order valence-corrected chi connectivity index (χ1v) is 7.86. The number of amides is 1. The summed E-state index contributed by atoms with van der Waals surface area (Å²) in [5.41, 5.74) is 0.921. The smallest absolute Gasteiger partial charge is 0.415 e. The third-order valence-corrected chi connectivity index (χ3v) is 3.69. The van der Waals surface area contributed by atoms with E-state index in [4.69, 9.17) is 11.2 Å². The van der Waals surface area contributed by atoms with Crippen molar-refractivity contribution in [1.29, 1.82) is 0 Å². The summed E-state index contributed by atoms with van der Waals surface area (Å²) < 4.78 is 5.52. The molecule has 0 aliphatic rings. The first-order valence-electron chi connectivity index (χ1n) is 6.98. The van der Waals surface area contributed by atoms with Gasteiger partial charge in [0.05, 0.1) is 6.54 Å². The Labute approximate surface area is 135 Å². The molecule has 0 aliphatic heterocycles. The Morgan fingerprint density at radius 2 is 2.09 bits per heavy atom. The zero-order valence-corrected chi connectivity index (χ0v) is 13.8. The van der Waals surface area contributed by atoms with Gasteiger partial charge < -0.3 is 4.74 Å². The molecule has 1 amide bonds. The van der Waals surface area contributed by atoms with Gasteiger partial charge in [-0.1, -0.05) is 18.1 Å². The van der Waals surface area contributed by atoms with Crippen molar-refractivity contribution in [3.8, 4) is 12.3 Å². The van der Waals surface area contributed by atoms with Crippen LogP contribution < -0.4 is 4.90 Å². The molecule has 0 atom stereocenters. The second kappa shape index (κ2) is 6.67. The average molecular weight is 313 g/mol. The van der Waals surface area contributed by atoms with Gasteiger partial charge in [-0.2, -0.15) is 0 Å². The van der Waals surface area contributed by atoms with Crippen LogP contribution in [0.5, 0.6) is 0 Å². The summed E-state index contributed by atoms with van der Waals surface area (Å²) in [4.78, 5) is 15.2. The lowest BCUT2D eigenvalue weighted by molar-refractivity contribution is 0.0578. The van der Waals surface area contributed by atoms with Crippen LogP contribution >= 0.6 is 11.3 Å². The number of ether oxygens (including phenoxy) is 1. The van der Waals surface area contributed by atoms with Gasteiger partial charge in [0, 0.05) is 16.1 Å². The van der Waals surface area contributed by atoms with Gasteiger partial charge in [-0.15, -0.1) is 17.8 Å². The van der Waals surface area contributed by atoms with Crippen LogP contribution in [0.15, 0.2) is 41.8 Å². The maximum absolute atomic E-state index is 12.5. The Balaban J connectivity index is 2.32. The summed E-state index contributed by atoms with van der Waals surface area (Å²) in [5, 5.41) is 1.99. The molecule has 0 spiro atoms. The molecule has 114 valence electrons. The van der Waals surface area contributed by atoms with Crippen LogP contribution in [-0.2, 0) is 11.3 Å². The average Bonchev–Trinajstić information content (AvgIpc) is 2.96. The van der Waals surface area contributed by atoms with Crippen LogP contribution in [0.4, 0.5) is 10.5 Å². The Morgan fingerprint density at radius 1 is 1.32 bits per heavy atom. The summed E-state index contributed by atoms with van der Waals surface area (Å²) in [5.74, 6) is 2.59. The maximum atomic E-state index is 12.5. The monoisotopic (exact) mass is 313 g/mol. The number of thiophene rings is 1. The molecule has 2 rings (SSSR count). The van der Waals surface area contributed by atoms with Crippen molar-refractivity contribution in [2.75, 3.05) is 4.90 Å². The van der Waals surface area contributed by atoms with Gasteiger partial charge in [-0.3, -0.25) is 4.90 Å². The molecule has 22 heavy (non-hydrogen) atoms. The van der Waals surface area contributed by atoms with Crippen molar-refractivity contribution < 1.29 is 9.53 Å². The molecule has 2 aromatic rings. The van der Waals surface area contributed by atoms with Crippen LogP contribution in [0.25, 0.3) is 0 Å². The number of benzene rings is 1. The second-order valence-electron chi connectivity index (χ2n) is 5.84. The van der Waals surface area contributed by atoms with Crippen molar-refractivity contribution in [3.63, 3.8) is 0 Å². The summed E-state index contributed by atoms with van der Waals surface area (Å²) in [6, 6.07) is 11.3. The lowest BCUT2D eigenvalue weighted by Gasteiger charge is -2.27. The zero-order chi connectivity index (χ0) is 16.2. The molecular formula is C18H19NO2S. The molecule has 0 bridgehead atoms. The van der Waals surface area contributed by atoms with E-state index in [1.165, 1.54) is 0 Å². The highest BCUT2D eigenvalue weighted by atomic mass is 32.1. The fraction of sp³-hybridized carbons (Fsp3) is 0.278. The predicted octanol–water partition coefficient (Wildman–Crippen LogP) is 4.67. The highest BCUT2D eigenvalue weighted by molar-refractivity contribution is 7.09. The van der Waals surface area contributed by atoms with Crippen molar-refractivity contribution in [2.24, 2.45) is 0 Å². The molecule has 0 fully saturated rings. The van der Waals surface area contributed by atoms with Gasteiger partial charge in [0.2, 0.25) is 0 Å². The quantitative estimate of drug-likeness (QED) is 0.771. The van der Waals surface area contributed by atoms with Crippen LogP contribution in [-0.4, -0.2) is 11.7 Å². The third kappa shape index (κ3) is 4.37. The van der Waals surface area contributed by atoms with E-state index in [9.17, 15) is 4.79 Å². The van der Waals surface area contributed by atoms with Crippen LogP contribution in [0.2, 0.25) is 0 Å². The van der Waals surface area contributed by atoms with Gasteiger partial charge >= 0.3 is 6.09 Å². The molecule has 3 nitrogen and oxygen atoms in total. The largest absolute Gasteiger partial charge is 0.443 e. The molecule has 0 saturated carbocycles. The van der Waals surface area contributed by atoms with Gasteiger partial charge in [0.25, 0.3) is 0 Å². The normalized spacial score (nSPS) is 10.8. The zero-order valence-electron chi connectivity index (χ0n) is 13.0. The molecule has 0 aliphatic carbocycles. The fourth-order valence-electron chi connectivity index (χ4n) is 1.90. The number of nitrogens with zero attached hydrogens (tertiary/aromatic N) is 1. The number of carbonyl (C=O) groups excluding carboxylic acids is 1. The summed E-state index contributed by atoms with van der Waals surface area (Å²) >= 11 is 1.60. The Hall–Kier alpha value is -2.25. The number of hydrogen-bond donors (Lipinski definition) is 0. The molecular weight excluding hydrogens is 294 g/mol. The van der Waals surface area contributed by atoms with Crippen molar-refractivity contribution in [3.05, 3.63) is 52.2 Å². The number of anilines is 1. The fourth-order valence-corrected chi connectivity index (χ4v) is 2.59. The van der Waals surface area contributed by atoms with Gasteiger partial charge in [-0.25, -0.2) is 4.79 Å². The lowest BCUT2D eigenvalue weighted by Crippen LogP contribution is -2.36. The maximum Gasteiger partial charge on any atom is 0.415 e. The number of terminal acetylenes is 1. The van der Waals surface area contributed by atoms with Crippen LogP contribution in [0.3, 0.4) is 0 Å². The second-order valence-corrected chi connectivity index (χ2v) is 6.87. The molecule has 0 saturated heterocycles. The molecule has 0 radical (unpaired) electrons. The molecule has 0 N–H and O–H groups in total. The Bertz CT molecular complexity index is 678. The predicted molar refractivity (Wildman–Crippen MR) is 91.1 cm³/mol. The van der Waals surface area contributed by atoms with E-state index in [0.717, 1.165) is 16.1 Å². The van der Waals surface area contributed by atoms with Crippen molar-refractivity contribution in [2.45, 2.75) is 32.9 Å². The highest BCUT2D eigenvalue weighted by Crippen LogP contribution is 2.23. The molecule has 0 unspecified atom stereocenters. The highest BCUT2D eigenvalue weighted by Gasteiger charge is 2.24. The topological polar surface area (TPSA) is 29.5 Å². The Kier molecular flexibility index (Phi) is 4.89. The van der Waals surface area contributed by atoms with Crippen molar-refractivity contribution >= 4 is 23.1 Å². The van der Waals surface area contributed by atoms with Crippen molar-refractivity contribution in [1.82, 2.24) is 0 Å². The van der Waals surface area contributed by atoms with E-state index in [1.807, 2.05) is 62.5 Å². The number of hydrogen-bond acceptors (Lipinski definition) is 3. The third-order valence-electron chi connectivity index (χ3n) is 2.83. The number of rotatable bonds is 3. The summed E-state index contributed by atoms with van der Waals surface area (Å²) in [6.07, 6.45) is 5.07. The number of carbonyl (C=O) groups is 1. The molecule has 1 aromatic heterocycles. The van der Waals surface area contributed by atoms with E-state index in [-0.39, 0.29) is 6.09 Å². The minimum atomic E-state index is -0.547. The van der Waals surface area contributed by atoms with Crippen LogP contribution in [0.1, 0.15) is 31.2 Å². The molecule has 1 heterocycles. The van der Waals surface area contributed by atoms with E-state index in [0.29, 0.717) is 6.54 Å². The first-order chi connectivity index (χ1) is 10.4. The standard InChI is InChI=1S/C18H19NO2S/c1-5-14-8-6-9-15(12-14)19(13-16-10-7-11-22-16)17(20)21-18(2,3)4/h1,6-12H,13H2,2-4H3. The summed E-state index contributed by atoms with van der Waals surface area (Å²) in [7, 11) is 0. The summed E-state index contributed by atoms with van der Waals surface area (Å²) in [6.45, 7) is 6.02. The van der Waals surface area contributed by atoms with E-state index in [2.05, 4.69) is 5.92 Å². The van der Waals surface area contributed by atoms with E-state index in [1.54, 1.807) is 16.2 Å². The molecule has 4 heteroatoms. The van der Waals surface area contributed by atoms with Crippen LogP contribution in [0, 0.1) is 12.3 Å².